The highest BCUT2D eigenvalue weighted by Gasteiger charge is 2.37. The molecule has 2 amide bonds. The number of nitrogens with zero attached hydrogens (tertiary/aromatic N) is 4. The number of esters is 1. The number of amides is 2. The van der Waals surface area contributed by atoms with E-state index in [9.17, 15) is 14.4 Å². The lowest BCUT2D eigenvalue weighted by Gasteiger charge is -2.38. The third-order valence-electron chi connectivity index (χ3n) is 10.6. The number of benzene rings is 2. The second-order valence-electron chi connectivity index (χ2n) is 14.0. The molecular formula is C39H43Cl2N7O5. The topological polar surface area (TPSA) is 140 Å². The van der Waals surface area contributed by atoms with Crippen molar-refractivity contribution in [3.63, 3.8) is 0 Å². The Hall–Kier alpha value is -4.49. The molecule has 53 heavy (non-hydrogen) atoms. The van der Waals surface area contributed by atoms with Gasteiger partial charge in [-0.1, -0.05) is 47.5 Å². The minimum Gasteiger partial charge on any atom is -0.496 e. The fraction of sp³-hybridized carbons (Fsp3) is 0.410. The number of aromatic nitrogens is 3. The maximum absolute atomic E-state index is 13.7. The molecule has 4 heterocycles. The van der Waals surface area contributed by atoms with E-state index >= 15 is 0 Å². The number of anilines is 1. The number of carbonyl (C=O) groups is 3. The third-order valence-corrected chi connectivity index (χ3v) is 11.4. The number of hydrogen-bond donors (Lipinski definition) is 3. The summed E-state index contributed by atoms with van der Waals surface area (Å²) < 4.78 is 12.5. The minimum absolute atomic E-state index is 0.00866. The first-order valence-electron chi connectivity index (χ1n) is 17.9. The highest BCUT2D eigenvalue weighted by atomic mass is 35.5. The van der Waals surface area contributed by atoms with E-state index < -0.39 is 0 Å². The monoisotopic (exact) mass is 759 g/mol. The normalized spacial score (nSPS) is 19.6. The summed E-state index contributed by atoms with van der Waals surface area (Å²) in [7, 11) is 4.93. The van der Waals surface area contributed by atoms with E-state index in [2.05, 4.69) is 25.8 Å². The molecule has 0 spiro atoms. The molecule has 2 fully saturated rings. The van der Waals surface area contributed by atoms with E-state index in [0.717, 1.165) is 61.3 Å². The molecule has 278 valence electrons. The zero-order valence-corrected chi connectivity index (χ0v) is 31.5. The lowest BCUT2D eigenvalue weighted by atomic mass is 9.74. The molecule has 3 aliphatic rings. The van der Waals surface area contributed by atoms with Gasteiger partial charge in [0.2, 0.25) is 5.91 Å². The molecular weight excluding hydrogens is 717 g/mol. The maximum Gasteiger partial charge on any atom is 0.308 e. The zero-order valence-electron chi connectivity index (χ0n) is 30.0. The standard InChI is InChI=1S/C39H43Cl2N7O5/c1-47-31-21-48(20-22-15-25(16-22)39(51)53-3)14-12-29(31)45-37(47)38(50)46-30-6-4-5-27(34(30)40)28-11-13-43-36(35(28)41)23-7-8-24(32(17-23)52-2)18-42-19-26-9-10-33(49)44-26/h4-8,11,13,17,22,25-26,42H,9-10,12,14-16,18-21H2,1-3H3,(H,44,49)(H,46,50)/t22?,25?,26-/m1/s1. The molecule has 12 nitrogen and oxygen atoms in total. The van der Waals surface area contributed by atoms with Crippen LogP contribution in [0.2, 0.25) is 10.0 Å². The number of carbonyl (C=O) groups excluding carboxylic acids is 3. The van der Waals surface area contributed by atoms with Crippen LogP contribution in [-0.2, 0) is 40.9 Å². The lowest BCUT2D eigenvalue weighted by molar-refractivity contribution is -0.150. The predicted octanol–water partition coefficient (Wildman–Crippen LogP) is 5.64. The van der Waals surface area contributed by atoms with Gasteiger partial charge >= 0.3 is 5.97 Å². The van der Waals surface area contributed by atoms with Gasteiger partial charge in [0.05, 0.1) is 53.0 Å². The van der Waals surface area contributed by atoms with Gasteiger partial charge in [-0.15, -0.1) is 0 Å². The van der Waals surface area contributed by atoms with Gasteiger partial charge in [0.25, 0.3) is 5.91 Å². The molecule has 2 aromatic carbocycles. The van der Waals surface area contributed by atoms with Gasteiger partial charge in [-0.05, 0) is 43.4 Å². The molecule has 1 saturated heterocycles. The fourth-order valence-corrected chi connectivity index (χ4v) is 8.22. The molecule has 3 N–H and O–H groups in total. The Morgan fingerprint density at radius 3 is 2.62 bits per heavy atom. The Balaban J connectivity index is 1.04. The van der Waals surface area contributed by atoms with Gasteiger partial charge < -0.3 is 30.0 Å². The first-order chi connectivity index (χ1) is 25.6. The largest absolute Gasteiger partial charge is 0.496 e. The van der Waals surface area contributed by atoms with Gasteiger partial charge in [-0.2, -0.15) is 0 Å². The van der Waals surface area contributed by atoms with Gasteiger partial charge in [-0.3, -0.25) is 24.3 Å². The van der Waals surface area contributed by atoms with Crippen molar-refractivity contribution in [2.24, 2.45) is 18.9 Å². The summed E-state index contributed by atoms with van der Waals surface area (Å²) in [5.74, 6) is 1.09. The molecule has 1 atom stereocenters. The van der Waals surface area contributed by atoms with Crippen molar-refractivity contribution in [1.29, 1.82) is 0 Å². The van der Waals surface area contributed by atoms with E-state index in [1.54, 1.807) is 25.4 Å². The number of ether oxygens (including phenoxy) is 2. The SMILES string of the molecule is COC(=O)C1CC(CN2CCc3nc(C(=O)Nc4cccc(-c5ccnc(-c6ccc(CNC[C@H]7CCC(=O)N7)c(OC)c6)c5Cl)c4Cl)n(C)c3C2)C1. The second-order valence-corrected chi connectivity index (χ2v) is 14.8. The van der Waals surface area contributed by atoms with Crippen molar-refractivity contribution in [3.8, 4) is 28.1 Å². The molecule has 2 aromatic heterocycles. The Morgan fingerprint density at radius 1 is 1.06 bits per heavy atom. The smallest absolute Gasteiger partial charge is 0.308 e. The highest BCUT2D eigenvalue weighted by Crippen LogP contribution is 2.41. The van der Waals surface area contributed by atoms with Crippen LogP contribution in [0, 0.1) is 11.8 Å². The van der Waals surface area contributed by atoms with E-state index in [1.807, 2.05) is 41.9 Å². The number of fused-ring (bicyclic) bond motifs is 1. The summed E-state index contributed by atoms with van der Waals surface area (Å²) >= 11 is 14.0. The summed E-state index contributed by atoms with van der Waals surface area (Å²) in [5, 5.41) is 10.1. The Kier molecular flexibility index (Phi) is 11.0. The molecule has 1 aliphatic carbocycles. The van der Waals surface area contributed by atoms with Crippen LogP contribution in [0.25, 0.3) is 22.4 Å². The van der Waals surface area contributed by atoms with Crippen LogP contribution < -0.4 is 20.7 Å². The predicted molar refractivity (Wildman–Crippen MR) is 203 cm³/mol. The molecule has 7 rings (SSSR count). The van der Waals surface area contributed by atoms with Crippen LogP contribution >= 0.6 is 23.2 Å². The van der Waals surface area contributed by atoms with Crippen LogP contribution in [0.5, 0.6) is 5.75 Å². The molecule has 4 aromatic rings. The average molecular weight is 761 g/mol. The molecule has 0 unspecified atom stereocenters. The summed E-state index contributed by atoms with van der Waals surface area (Å²) in [6, 6.07) is 13.2. The van der Waals surface area contributed by atoms with Crippen molar-refractivity contribution in [2.75, 3.05) is 39.2 Å². The van der Waals surface area contributed by atoms with Crippen LogP contribution in [0.1, 0.15) is 53.3 Å². The first kappa shape index (κ1) is 36.9. The fourth-order valence-electron chi connectivity index (χ4n) is 7.63. The van der Waals surface area contributed by atoms with Gasteiger partial charge in [0.1, 0.15) is 5.75 Å². The van der Waals surface area contributed by atoms with Crippen LogP contribution in [0.4, 0.5) is 5.69 Å². The molecule has 0 bridgehead atoms. The number of imidazole rings is 1. The minimum atomic E-state index is -0.358. The zero-order chi connectivity index (χ0) is 37.2. The summed E-state index contributed by atoms with van der Waals surface area (Å²) in [5.41, 5.74) is 5.99. The van der Waals surface area contributed by atoms with E-state index in [1.165, 1.54) is 7.11 Å². The van der Waals surface area contributed by atoms with Crippen LogP contribution in [-0.4, -0.2) is 77.1 Å². The molecule has 1 saturated carbocycles. The number of halogens is 2. The number of pyridine rings is 1. The lowest BCUT2D eigenvalue weighted by Crippen LogP contribution is -2.41. The maximum atomic E-state index is 13.7. The van der Waals surface area contributed by atoms with E-state index in [4.69, 9.17) is 37.7 Å². The highest BCUT2D eigenvalue weighted by molar-refractivity contribution is 6.39. The molecule has 0 radical (unpaired) electrons. The second kappa shape index (κ2) is 15.9. The Bertz CT molecular complexity index is 2050. The van der Waals surface area contributed by atoms with Crippen molar-refractivity contribution >= 4 is 46.7 Å². The van der Waals surface area contributed by atoms with E-state index in [0.29, 0.717) is 76.1 Å². The Labute approximate surface area is 318 Å². The first-order valence-corrected chi connectivity index (χ1v) is 18.7. The number of hydrogen-bond acceptors (Lipinski definition) is 9. The van der Waals surface area contributed by atoms with Crippen LogP contribution in [0.15, 0.2) is 48.7 Å². The molecule has 14 heteroatoms. The summed E-state index contributed by atoms with van der Waals surface area (Å²) in [6.07, 6.45) is 5.53. The van der Waals surface area contributed by atoms with Gasteiger partial charge in [0.15, 0.2) is 5.82 Å². The summed E-state index contributed by atoms with van der Waals surface area (Å²) in [4.78, 5) is 48.7. The Morgan fingerprint density at radius 2 is 1.87 bits per heavy atom. The van der Waals surface area contributed by atoms with Crippen molar-refractivity contribution < 1.29 is 23.9 Å². The molecule has 2 aliphatic heterocycles. The summed E-state index contributed by atoms with van der Waals surface area (Å²) in [6.45, 7) is 3.70. The van der Waals surface area contributed by atoms with Crippen molar-refractivity contribution in [1.82, 2.24) is 30.1 Å². The number of rotatable bonds is 12. The number of methoxy groups -OCH3 is 2. The van der Waals surface area contributed by atoms with Crippen molar-refractivity contribution in [2.45, 2.75) is 51.2 Å². The number of nitrogens with one attached hydrogen (secondary N) is 3. The van der Waals surface area contributed by atoms with E-state index in [-0.39, 0.29) is 29.7 Å². The van der Waals surface area contributed by atoms with Crippen LogP contribution in [0.3, 0.4) is 0 Å². The van der Waals surface area contributed by atoms with Crippen molar-refractivity contribution in [3.05, 3.63) is 81.5 Å². The average Bonchev–Trinajstić information content (AvgIpc) is 3.72. The quantitative estimate of drug-likeness (QED) is 0.157. The van der Waals surface area contributed by atoms with Gasteiger partial charge in [0, 0.05) is 87.1 Å². The third kappa shape index (κ3) is 7.77. The van der Waals surface area contributed by atoms with Gasteiger partial charge in [-0.25, -0.2) is 4.98 Å².